The Kier molecular flexibility index (Phi) is 4.22. The van der Waals surface area contributed by atoms with Gasteiger partial charge in [-0.2, -0.15) is 5.26 Å². The van der Waals surface area contributed by atoms with Crippen LogP contribution in [-0.4, -0.2) is 0 Å². The first-order valence-electron chi connectivity index (χ1n) is 6.77. The van der Waals surface area contributed by atoms with Gasteiger partial charge in [-0.15, -0.1) is 0 Å². The number of nitriles is 1. The van der Waals surface area contributed by atoms with Gasteiger partial charge in [-0.1, -0.05) is 48.5 Å². The molecule has 0 fully saturated rings. The van der Waals surface area contributed by atoms with Gasteiger partial charge in [0, 0.05) is 0 Å². The average molecular weight is 243 g/mol. The minimum atomic E-state index is 0.118. The lowest BCUT2D eigenvalue weighted by molar-refractivity contribution is 0.563. The topological polar surface area (TPSA) is 23.8 Å². The van der Waals surface area contributed by atoms with Crippen molar-refractivity contribution in [2.75, 3.05) is 0 Å². The van der Waals surface area contributed by atoms with E-state index >= 15 is 0 Å². The first kappa shape index (κ1) is 14.8. The second kappa shape index (κ2) is 5.14. The van der Waals surface area contributed by atoms with E-state index in [1.54, 1.807) is 0 Å². The Labute approximate surface area is 112 Å². The number of nitrogens with zero attached hydrogens (tertiary/aromatic N) is 1. The van der Waals surface area contributed by atoms with Crippen LogP contribution in [0.5, 0.6) is 0 Å². The highest BCUT2D eigenvalue weighted by Gasteiger charge is 2.25. The maximum atomic E-state index is 9.19. The van der Waals surface area contributed by atoms with Crippen molar-refractivity contribution < 1.29 is 0 Å². The first-order chi connectivity index (χ1) is 8.18. The zero-order valence-electron chi connectivity index (χ0n) is 12.8. The van der Waals surface area contributed by atoms with Gasteiger partial charge in [-0.3, -0.25) is 0 Å². The Morgan fingerprint density at radius 2 is 1.33 bits per heavy atom. The smallest absolute Gasteiger partial charge is 0.0991 e. The van der Waals surface area contributed by atoms with Crippen LogP contribution in [0.3, 0.4) is 0 Å². The highest BCUT2D eigenvalue weighted by Crippen LogP contribution is 2.37. The molecular formula is C17H25N. The van der Waals surface area contributed by atoms with Gasteiger partial charge in [0.1, 0.15) is 0 Å². The summed E-state index contributed by atoms with van der Waals surface area (Å²) in [7, 11) is 0. The van der Waals surface area contributed by atoms with Crippen LogP contribution in [0.2, 0.25) is 0 Å². The minimum Gasteiger partial charge on any atom is -0.192 e. The van der Waals surface area contributed by atoms with Crippen molar-refractivity contribution in [1.82, 2.24) is 0 Å². The molecule has 0 unspecified atom stereocenters. The first-order valence-corrected chi connectivity index (χ1v) is 6.77. The van der Waals surface area contributed by atoms with Crippen molar-refractivity contribution >= 4 is 0 Å². The van der Waals surface area contributed by atoms with Crippen molar-refractivity contribution in [3.05, 3.63) is 34.4 Å². The van der Waals surface area contributed by atoms with Crippen molar-refractivity contribution in [2.24, 2.45) is 0 Å². The summed E-state index contributed by atoms with van der Waals surface area (Å²) in [5, 5.41) is 9.19. The van der Waals surface area contributed by atoms with Crippen molar-refractivity contribution in [1.29, 1.82) is 5.26 Å². The lowest BCUT2D eigenvalue weighted by Crippen LogP contribution is -2.19. The van der Waals surface area contributed by atoms with E-state index in [9.17, 15) is 5.26 Å². The Balaban J connectivity index is 3.68. The van der Waals surface area contributed by atoms with Gasteiger partial charge in [-0.25, -0.2) is 0 Å². The van der Waals surface area contributed by atoms with Crippen LogP contribution >= 0.6 is 0 Å². The molecule has 0 aliphatic rings. The molecule has 0 saturated carbocycles. The fourth-order valence-electron chi connectivity index (χ4n) is 2.53. The molecule has 0 spiro atoms. The second-order valence-corrected chi connectivity index (χ2v) is 6.70. The number of rotatable bonds is 2. The molecule has 0 radical (unpaired) electrons. The van der Waals surface area contributed by atoms with Gasteiger partial charge in [0.15, 0.2) is 0 Å². The number of benzene rings is 1. The zero-order chi connectivity index (χ0) is 14.1. The van der Waals surface area contributed by atoms with E-state index in [0.717, 1.165) is 5.56 Å². The number of hydrogen-bond acceptors (Lipinski definition) is 1. The van der Waals surface area contributed by atoms with E-state index in [0.29, 0.717) is 11.8 Å². The molecule has 0 aromatic heterocycles. The molecule has 0 aliphatic carbocycles. The quantitative estimate of drug-likeness (QED) is 0.708. The molecular weight excluding hydrogens is 218 g/mol. The van der Waals surface area contributed by atoms with Gasteiger partial charge in [0.2, 0.25) is 0 Å². The lowest BCUT2D eigenvalue weighted by Gasteiger charge is -2.30. The molecule has 0 N–H and O–H groups in total. The summed E-state index contributed by atoms with van der Waals surface area (Å²) in [4.78, 5) is 0. The maximum Gasteiger partial charge on any atom is 0.0991 e. The molecule has 1 nitrogen and oxygen atoms in total. The van der Waals surface area contributed by atoms with Crippen molar-refractivity contribution in [3.63, 3.8) is 0 Å². The predicted molar refractivity (Wildman–Crippen MR) is 78.0 cm³/mol. The molecule has 0 saturated heterocycles. The lowest BCUT2D eigenvalue weighted by atomic mass is 9.75. The van der Waals surface area contributed by atoms with Crippen LogP contribution in [0, 0.1) is 11.3 Å². The average Bonchev–Trinajstić information content (AvgIpc) is 2.25. The summed E-state index contributed by atoms with van der Waals surface area (Å²) in [6.07, 6.45) is 0. The van der Waals surface area contributed by atoms with Crippen LogP contribution < -0.4 is 0 Å². The Bertz CT molecular complexity index is 438. The largest absolute Gasteiger partial charge is 0.192 e. The highest BCUT2D eigenvalue weighted by molar-refractivity contribution is 5.49. The van der Waals surface area contributed by atoms with E-state index < -0.39 is 0 Å². The molecule has 0 amide bonds. The molecule has 18 heavy (non-hydrogen) atoms. The Morgan fingerprint density at radius 3 is 1.56 bits per heavy atom. The predicted octanol–water partition coefficient (Wildman–Crippen LogP) is 5.10. The molecule has 0 heterocycles. The highest BCUT2D eigenvalue weighted by atomic mass is 14.3. The fraction of sp³-hybridized carbons (Fsp3) is 0.588. The van der Waals surface area contributed by atoms with Gasteiger partial charge in [0.25, 0.3) is 0 Å². The van der Waals surface area contributed by atoms with Crippen LogP contribution in [0.25, 0.3) is 0 Å². The van der Waals surface area contributed by atoms with Crippen LogP contribution in [0.4, 0.5) is 0 Å². The SMILES string of the molecule is CC(C)c1cc(C#N)cc(C(C)C)c1C(C)(C)C. The summed E-state index contributed by atoms with van der Waals surface area (Å²) in [5.74, 6) is 0.898. The van der Waals surface area contributed by atoms with Crippen molar-refractivity contribution in [2.45, 2.75) is 65.7 Å². The Morgan fingerprint density at radius 1 is 0.944 bits per heavy atom. The molecule has 0 aliphatic heterocycles. The third-order valence-corrected chi connectivity index (χ3v) is 3.32. The second-order valence-electron chi connectivity index (χ2n) is 6.70. The molecule has 1 rings (SSSR count). The monoisotopic (exact) mass is 243 g/mol. The molecule has 98 valence electrons. The molecule has 1 aromatic carbocycles. The van der Waals surface area contributed by atoms with Crippen LogP contribution in [0.1, 0.15) is 82.6 Å². The molecule has 1 heteroatoms. The zero-order valence-corrected chi connectivity index (χ0v) is 12.8. The maximum absolute atomic E-state index is 9.19. The molecule has 1 aromatic rings. The Hall–Kier alpha value is -1.29. The third kappa shape index (κ3) is 2.93. The van der Waals surface area contributed by atoms with E-state index in [2.05, 4.69) is 66.7 Å². The molecule has 0 atom stereocenters. The molecule has 0 bridgehead atoms. The minimum absolute atomic E-state index is 0.118. The van der Waals surface area contributed by atoms with Crippen LogP contribution in [0.15, 0.2) is 12.1 Å². The summed E-state index contributed by atoms with van der Waals surface area (Å²) in [5.41, 5.74) is 4.98. The van der Waals surface area contributed by atoms with Crippen LogP contribution in [-0.2, 0) is 5.41 Å². The third-order valence-electron chi connectivity index (χ3n) is 3.32. The van der Waals surface area contributed by atoms with E-state index in [1.807, 2.05) is 0 Å². The summed E-state index contributed by atoms with van der Waals surface area (Å²) in [6, 6.07) is 6.43. The van der Waals surface area contributed by atoms with Gasteiger partial charge >= 0.3 is 0 Å². The standard InChI is InChI=1S/C17H25N/c1-11(2)14-8-13(10-18)9-15(12(3)4)16(14)17(5,6)7/h8-9,11-12H,1-7H3. The van der Waals surface area contributed by atoms with E-state index in [-0.39, 0.29) is 5.41 Å². The summed E-state index contributed by atoms with van der Waals surface area (Å²) in [6.45, 7) is 15.6. The number of hydrogen-bond donors (Lipinski definition) is 0. The normalized spacial score (nSPS) is 12.0. The van der Waals surface area contributed by atoms with E-state index in [4.69, 9.17) is 0 Å². The van der Waals surface area contributed by atoms with E-state index in [1.165, 1.54) is 16.7 Å². The summed E-state index contributed by atoms with van der Waals surface area (Å²) >= 11 is 0. The van der Waals surface area contributed by atoms with Crippen molar-refractivity contribution in [3.8, 4) is 6.07 Å². The van der Waals surface area contributed by atoms with Gasteiger partial charge in [-0.05, 0) is 46.1 Å². The van der Waals surface area contributed by atoms with Gasteiger partial charge in [0.05, 0.1) is 11.6 Å². The fourth-order valence-corrected chi connectivity index (χ4v) is 2.53. The van der Waals surface area contributed by atoms with Gasteiger partial charge < -0.3 is 0 Å². The summed E-state index contributed by atoms with van der Waals surface area (Å²) < 4.78 is 0.